The first kappa shape index (κ1) is 19.8. The van der Waals surface area contributed by atoms with Crippen LogP contribution in [0.2, 0.25) is 0 Å². The van der Waals surface area contributed by atoms with Crippen LogP contribution in [0.15, 0.2) is 47.3 Å². The average Bonchev–Trinajstić information content (AvgIpc) is 2.66. The molecule has 0 aliphatic carbocycles. The van der Waals surface area contributed by atoms with E-state index in [1.807, 2.05) is 57.2 Å². The molecule has 0 saturated carbocycles. The molecule has 1 amide bonds. The number of aromatic nitrogens is 1. The molecule has 0 unspecified atom stereocenters. The van der Waals surface area contributed by atoms with Gasteiger partial charge in [-0.15, -0.1) is 0 Å². The van der Waals surface area contributed by atoms with Crippen molar-refractivity contribution in [3.8, 4) is 0 Å². The number of carbonyl (C=O) groups is 1. The summed E-state index contributed by atoms with van der Waals surface area (Å²) >= 11 is 0. The second kappa shape index (κ2) is 8.40. The van der Waals surface area contributed by atoms with Crippen LogP contribution in [0.3, 0.4) is 0 Å². The Morgan fingerprint density at radius 1 is 1.07 bits per heavy atom. The Balaban J connectivity index is 1.99. The number of hydrogen-bond donors (Lipinski definition) is 2. The number of hydrogen-bond acceptors (Lipinski definition) is 3. The van der Waals surface area contributed by atoms with Crippen molar-refractivity contribution in [2.75, 3.05) is 13.2 Å². The number of aliphatic hydroxyl groups excluding tert-OH is 1. The molecule has 0 atom stereocenters. The Morgan fingerprint density at radius 3 is 2.54 bits per heavy atom. The zero-order valence-corrected chi connectivity index (χ0v) is 16.6. The molecule has 0 aliphatic rings. The Bertz CT molecular complexity index is 1070. The molecule has 0 fully saturated rings. The third kappa shape index (κ3) is 4.15. The standard InChI is InChI=1S/C23H26N2O3/c1-15-11-17(3)21-18(12-15)13-19(22(27)24-21)14-25(9-6-10-26)23(28)20-8-5-4-7-16(20)2/h4-5,7-8,11-13,26H,6,9-10,14H2,1-3H3,(H,24,27). The number of rotatable bonds is 6. The monoisotopic (exact) mass is 378 g/mol. The number of carbonyl (C=O) groups excluding carboxylic acids is 1. The number of pyridine rings is 1. The molecule has 1 aromatic heterocycles. The van der Waals surface area contributed by atoms with Crippen molar-refractivity contribution in [3.63, 3.8) is 0 Å². The number of fused-ring (bicyclic) bond motifs is 1. The predicted molar refractivity (Wildman–Crippen MR) is 112 cm³/mol. The van der Waals surface area contributed by atoms with Crippen LogP contribution in [0.1, 0.15) is 39.0 Å². The highest BCUT2D eigenvalue weighted by molar-refractivity contribution is 5.95. The van der Waals surface area contributed by atoms with Gasteiger partial charge in [-0.2, -0.15) is 0 Å². The van der Waals surface area contributed by atoms with Gasteiger partial charge in [0.1, 0.15) is 0 Å². The summed E-state index contributed by atoms with van der Waals surface area (Å²) in [5.74, 6) is -0.133. The molecular formula is C23H26N2O3. The molecular weight excluding hydrogens is 352 g/mol. The lowest BCUT2D eigenvalue weighted by atomic mass is 10.0. The topological polar surface area (TPSA) is 73.4 Å². The fraction of sp³-hybridized carbons (Fsp3) is 0.304. The van der Waals surface area contributed by atoms with Crippen LogP contribution in [0.25, 0.3) is 10.9 Å². The molecule has 5 heteroatoms. The Kier molecular flexibility index (Phi) is 5.95. The van der Waals surface area contributed by atoms with Crippen LogP contribution in [0.5, 0.6) is 0 Å². The van der Waals surface area contributed by atoms with Crippen molar-refractivity contribution in [1.82, 2.24) is 9.88 Å². The van der Waals surface area contributed by atoms with Gasteiger partial charge in [-0.25, -0.2) is 0 Å². The number of nitrogens with one attached hydrogen (secondary N) is 1. The van der Waals surface area contributed by atoms with E-state index in [1.165, 1.54) is 0 Å². The number of benzene rings is 2. The molecule has 146 valence electrons. The van der Waals surface area contributed by atoms with Crippen molar-refractivity contribution in [1.29, 1.82) is 0 Å². The highest BCUT2D eigenvalue weighted by atomic mass is 16.3. The second-order valence-electron chi connectivity index (χ2n) is 7.29. The zero-order valence-electron chi connectivity index (χ0n) is 16.6. The normalized spacial score (nSPS) is 11.0. The minimum Gasteiger partial charge on any atom is -0.396 e. The quantitative estimate of drug-likeness (QED) is 0.690. The Hall–Kier alpha value is -2.92. The third-order valence-electron chi connectivity index (χ3n) is 4.98. The van der Waals surface area contributed by atoms with Crippen molar-refractivity contribution in [3.05, 3.63) is 80.6 Å². The summed E-state index contributed by atoms with van der Waals surface area (Å²) in [7, 11) is 0. The van der Waals surface area contributed by atoms with Crippen LogP contribution in [-0.4, -0.2) is 34.0 Å². The van der Waals surface area contributed by atoms with E-state index in [4.69, 9.17) is 0 Å². The number of aliphatic hydroxyl groups is 1. The van der Waals surface area contributed by atoms with Crippen LogP contribution < -0.4 is 5.56 Å². The fourth-order valence-corrected chi connectivity index (χ4v) is 3.55. The Morgan fingerprint density at radius 2 is 1.82 bits per heavy atom. The fourth-order valence-electron chi connectivity index (χ4n) is 3.55. The van der Waals surface area contributed by atoms with E-state index in [0.717, 1.165) is 27.6 Å². The first-order chi connectivity index (χ1) is 13.4. The minimum absolute atomic E-state index is 0.00990. The minimum atomic E-state index is -0.189. The van der Waals surface area contributed by atoms with Gasteiger partial charge in [-0.1, -0.05) is 29.8 Å². The smallest absolute Gasteiger partial charge is 0.254 e. The van der Waals surface area contributed by atoms with E-state index in [0.29, 0.717) is 24.1 Å². The third-order valence-corrected chi connectivity index (χ3v) is 4.98. The van der Waals surface area contributed by atoms with Crippen LogP contribution in [-0.2, 0) is 6.54 Å². The highest BCUT2D eigenvalue weighted by Gasteiger charge is 2.19. The van der Waals surface area contributed by atoms with Gasteiger partial charge < -0.3 is 15.0 Å². The summed E-state index contributed by atoms with van der Waals surface area (Å²) in [6, 6.07) is 13.3. The number of aryl methyl sites for hydroxylation is 3. The first-order valence-electron chi connectivity index (χ1n) is 9.49. The second-order valence-corrected chi connectivity index (χ2v) is 7.29. The van der Waals surface area contributed by atoms with E-state index in [9.17, 15) is 14.7 Å². The van der Waals surface area contributed by atoms with E-state index in [2.05, 4.69) is 4.98 Å². The van der Waals surface area contributed by atoms with Crippen LogP contribution in [0, 0.1) is 20.8 Å². The number of amides is 1. The van der Waals surface area contributed by atoms with Gasteiger partial charge in [-0.3, -0.25) is 9.59 Å². The molecule has 2 N–H and O–H groups in total. The van der Waals surface area contributed by atoms with Gasteiger partial charge in [0.05, 0.1) is 12.1 Å². The van der Waals surface area contributed by atoms with E-state index in [-0.39, 0.29) is 24.6 Å². The average molecular weight is 378 g/mol. The highest BCUT2D eigenvalue weighted by Crippen LogP contribution is 2.19. The SMILES string of the molecule is Cc1cc(C)c2[nH]c(=O)c(CN(CCCO)C(=O)c3ccccc3C)cc2c1. The molecule has 2 aromatic carbocycles. The number of aromatic amines is 1. The van der Waals surface area contributed by atoms with Crippen LogP contribution in [0.4, 0.5) is 0 Å². The summed E-state index contributed by atoms with van der Waals surface area (Å²) in [5, 5.41) is 10.2. The van der Waals surface area contributed by atoms with Crippen molar-refractivity contribution >= 4 is 16.8 Å². The zero-order chi connectivity index (χ0) is 20.3. The largest absolute Gasteiger partial charge is 0.396 e. The summed E-state index contributed by atoms with van der Waals surface area (Å²) < 4.78 is 0. The van der Waals surface area contributed by atoms with E-state index in [1.54, 1.807) is 11.0 Å². The van der Waals surface area contributed by atoms with E-state index >= 15 is 0 Å². The summed E-state index contributed by atoms with van der Waals surface area (Å²) in [4.78, 5) is 30.4. The summed E-state index contributed by atoms with van der Waals surface area (Å²) in [5.41, 5.74) is 4.82. The van der Waals surface area contributed by atoms with Gasteiger partial charge in [0, 0.05) is 24.3 Å². The summed E-state index contributed by atoms with van der Waals surface area (Å²) in [6.07, 6.45) is 0.460. The van der Waals surface area contributed by atoms with Gasteiger partial charge in [0.2, 0.25) is 0 Å². The molecule has 5 nitrogen and oxygen atoms in total. The van der Waals surface area contributed by atoms with Crippen molar-refractivity contribution in [2.45, 2.75) is 33.7 Å². The predicted octanol–water partition coefficient (Wildman–Crippen LogP) is 3.48. The molecule has 0 radical (unpaired) electrons. The van der Waals surface area contributed by atoms with E-state index < -0.39 is 0 Å². The van der Waals surface area contributed by atoms with Crippen molar-refractivity contribution in [2.24, 2.45) is 0 Å². The van der Waals surface area contributed by atoms with Gasteiger partial charge >= 0.3 is 0 Å². The van der Waals surface area contributed by atoms with Crippen molar-refractivity contribution < 1.29 is 9.90 Å². The molecule has 3 rings (SSSR count). The molecule has 0 aliphatic heterocycles. The summed E-state index contributed by atoms with van der Waals surface area (Å²) in [6.45, 7) is 6.46. The molecule has 0 bridgehead atoms. The lowest BCUT2D eigenvalue weighted by Gasteiger charge is -2.23. The van der Waals surface area contributed by atoms with Crippen LogP contribution >= 0.6 is 0 Å². The maximum absolute atomic E-state index is 13.1. The van der Waals surface area contributed by atoms with Gasteiger partial charge in [-0.05, 0) is 61.9 Å². The van der Waals surface area contributed by atoms with Gasteiger partial charge in [0.15, 0.2) is 0 Å². The number of H-pyrrole nitrogens is 1. The lowest BCUT2D eigenvalue weighted by molar-refractivity contribution is 0.0730. The Labute approximate surface area is 164 Å². The molecule has 0 spiro atoms. The molecule has 3 aromatic rings. The molecule has 28 heavy (non-hydrogen) atoms. The molecule has 1 heterocycles. The maximum atomic E-state index is 13.1. The first-order valence-corrected chi connectivity index (χ1v) is 9.49. The maximum Gasteiger partial charge on any atom is 0.254 e. The number of nitrogens with zero attached hydrogens (tertiary/aromatic N) is 1. The lowest BCUT2D eigenvalue weighted by Crippen LogP contribution is -2.34. The molecule has 0 saturated heterocycles. The van der Waals surface area contributed by atoms with Gasteiger partial charge in [0.25, 0.3) is 11.5 Å².